The Hall–Kier alpha value is -1.17. The number of nitrogens with two attached hydrogens (primary N) is 1. The second kappa shape index (κ2) is 7.57. The van der Waals surface area contributed by atoms with E-state index in [-0.39, 0.29) is 18.4 Å². The molecule has 1 aromatic heterocycles. The molecule has 6 heteroatoms. The van der Waals surface area contributed by atoms with E-state index in [0.717, 1.165) is 31.7 Å². The Labute approximate surface area is 125 Å². The number of pyridine rings is 1. The quantitative estimate of drug-likeness (QED) is 0.853. The Morgan fingerprint density at radius 2 is 2.30 bits per heavy atom. The zero-order valence-corrected chi connectivity index (χ0v) is 12.7. The van der Waals surface area contributed by atoms with Crippen LogP contribution in [0.25, 0.3) is 0 Å². The Morgan fingerprint density at radius 1 is 1.55 bits per heavy atom. The van der Waals surface area contributed by atoms with Crippen LogP contribution in [0.2, 0.25) is 0 Å². The summed E-state index contributed by atoms with van der Waals surface area (Å²) in [6.07, 6.45) is 2.72. The number of ether oxygens (including phenoxy) is 1. The van der Waals surface area contributed by atoms with Gasteiger partial charge in [0.15, 0.2) is 0 Å². The van der Waals surface area contributed by atoms with Gasteiger partial charge in [0.25, 0.3) is 0 Å². The Bertz CT molecular complexity index is 439. The summed E-state index contributed by atoms with van der Waals surface area (Å²) < 4.78 is 4.65. The van der Waals surface area contributed by atoms with E-state index in [1.54, 1.807) is 12.3 Å². The average Bonchev–Trinajstić information content (AvgIpc) is 2.79. The largest absolute Gasteiger partial charge is 0.465 e. The molecule has 20 heavy (non-hydrogen) atoms. The van der Waals surface area contributed by atoms with Crippen LogP contribution >= 0.6 is 12.4 Å². The molecule has 2 heterocycles. The molecule has 0 saturated carbocycles. The number of nitrogens with zero attached hydrogens (tertiary/aromatic N) is 2. The van der Waals surface area contributed by atoms with Crippen LogP contribution in [0.3, 0.4) is 0 Å². The fourth-order valence-electron chi connectivity index (χ4n) is 2.57. The third kappa shape index (κ3) is 3.91. The number of carbonyl (C=O) groups excluding carboxylic acids is 1. The number of likely N-dealkylation sites (tertiary alicyclic amines) is 1. The van der Waals surface area contributed by atoms with E-state index in [1.807, 2.05) is 6.07 Å². The van der Waals surface area contributed by atoms with E-state index in [4.69, 9.17) is 5.73 Å². The molecule has 0 bridgehead atoms. The fourth-order valence-corrected chi connectivity index (χ4v) is 2.57. The van der Waals surface area contributed by atoms with Crippen LogP contribution in [0.15, 0.2) is 18.3 Å². The third-order valence-corrected chi connectivity index (χ3v) is 3.73. The molecule has 2 N–H and O–H groups in total. The molecule has 1 aliphatic rings. The van der Waals surface area contributed by atoms with Crippen molar-refractivity contribution in [3.05, 3.63) is 29.6 Å². The lowest BCUT2D eigenvalue weighted by Crippen LogP contribution is -2.27. The van der Waals surface area contributed by atoms with Crippen molar-refractivity contribution < 1.29 is 9.53 Å². The topological polar surface area (TPSA) is 68.5 Å². The number of halogens is 1. The molecule has 0 amide bonds. The number of hydrogen-bond donors (Lipinski definition) is 1. The minimum Gasteiger partial charge on any atom is -0.465 e. The summed E-state index contributed by atoms with van der Waals surface area (Å²) in [5.74, 6) is 0.237. The molecule has 112 valence electrons. The van der Waals surface area contributed by atoms with Gasteiger partial charge in [-0.3, -0.25) is 9.88 Å². The number of esters is 1. The predicted molar refractivity (Wildman–Crippen MR) is 79.9 cm³/mol. The summed E-state index contributed by atoms with van der Waals surface area (Å²) in [5, 5.41) is 0. The van der Waals surface area contributed by atoms with Gasteiger partial charge in [-0.15, -0.1) is 12.4 Å². The monoisotopic (exact) mass is 299 g/mol. The zero-order chi connectivity index (χ0) is 13.8. The average molecular weight is 300 g/mol. The molecule has 5 nitrogen and oxygen atoms in total. The maximum absolute atomic E-state index is 11.3. The van der Waals surface area contributed by atoms with Crippen molar-refractivity contribution >= 4 is 18.4 Å². The molecule has 0 spiro atoms. The standard InChI is InChI=1S/C14H21N3O2.ClH/c1-10-5-11(6-15)8-17(10)9-13-4-3-12(7-16-13)14(18)19-2;/h3-4,7,10-11H,5-6,8-9,15H2,1-2H3;1H. The van der Waals surface area contributed by atoms with E-state index in [9.17, 15) is 4.79 Å². The lowest BCUT2D eigenvalue weighted by molar-refractivity contribution is 0.0600. The van der Waals surface area contributed by atoms with Crippen molar-refractivity contribution in [1.82, 2.24) is 9.88 Å². The number of carbonyl (C=O) groups is 1. The van der Waals surface area contributed by atoms with Crippen molar-refractivity contribution in [1.29, 1.82) is 0 Å². The molecular formula is C14H22ClN3O2. The third-order valence-electron chi connectivity index (χ3n) is 3.73. The molecule has 2 unspecified atom stereocenters. The van der Waals surface area contributed by atoms with Crippen molar-refractivity contribution in [3.8, 4) is 0 Å². The maximum atomic E-state index is 11.3. The number of rotatable bonds is 4. The summed E-state index contributed by atoms with van der Waals surface area (Å²) in [5.41, 5.74) is 7.18. The van der Waals surface area contributed by atoms with Gasteiger partial charge in [-0.2, -0.15) is 0 Å². The summed E-state index contributed by atoms with van der Waals surface area (Å²) in [7, 11) is 1.37. The first-order chi connectivity index (χ1) is 9.13. The molecule has 2 rings (SSSR count). The molecule has 1 aromatic rings. The highest BCUT2D eigenvalue weighted by Gasteiger charge is 2.28. The van der Waals surface area contributed by atoms with E-state index in [2.05, 4.69) is 21.5 Å². The highest BCUT2D eigenvalue weighted by molar-refractivity contribution is 5.88. The molecule has 0 aliphatic carbocycles. The molecular weight excluding hydrogens is 278 g/mol. The van der Waals surface area contributed by atoms with E-state index in [0.29, 0.717) is 17.5 Å². The van der Waals surface area contributed by atoms with Crippen LogP contribution in [0.1, 0.15) is 29.4 Å². The van der Waals surface area contributed by atoms with Crippen molar-refractivity contribution in [2.75, 3.05) is 20.2 Å². The first-order valence-electron chi connectivity index (χ1n) is 6.61. The summed E-state index contributed by atoms with van der Waals surface area (Å²) in [4.78, 5) is 18.0. The lowest BCUT2D eigenvalue weighted by Gasteiger charge is -2.20. The highest BCUT2D eigenvalue weighted by atomic mass is 35.5. The summed E-state index contributed by atoms with van der Waals surface area (Å²) in [6.45, 7) is 4.80. The van der Waals surface area contributed by atoms with Gasteiger partial charge in [0.05, 0.1) is 18.4 Å². The van der Waals surface area contributed by atoms with Gasteiger partial charge < -0.3 is 10.5 Å². The first kappa shape index (κ1) is 16.9. The van der Waals surface area contributed by atoms with Crippen molar-refractivity contribution in [2.24, 2.45) is 11.7 Å². The van der Waals surface area contributed by atoms with Gasteiger partial charge in [0.2, 0.25) is 0 Å². The molecule has 1 aliphatic heterocycles. The van der Waals surface area contributed by atoms with E-state index >= 15 is 0 Å². The van der Waals surface area contributed by atoms with Crippen molar-refractivity contribution in [3.63, 3.8) is 0 Å². The van der Waals surface area contributed by atoms with Gasteiger partial charge in [0.1, 0.15) is 0 Å². The lowest BCUT2D eigenvalue weighted by atomic mass is 10.1. The van der Waals surface area contributed by atoms with Crippen LogP contribution in [0, 0.1) is 5.92 Å². The highest BCUT2D eigenvalue weighted by Crippen LogP contribution is 2.23. The van der Waals surface area contributed by atoms with Gasteiger partial charge in [-0.1, -0.05) is 0 Å². The zero-order valence-electron chi connectivity index (χ0n) is 11.9. The Morgan fingerprint density at radius 3 is 2.80 bits per heavy atom. The van der Waals surface area contributed by atoms with E-state index in [1.165, 1.54) is 7.11 Å². The number of hydrogen-bond acceptors (Lipinski definition) is 5. The normalized spacial score (nSPS) is 22.4. The van der Waals surface area contributed by atoms with Crippen LogP contribution in [-0.2, 0) is 11.3 Å². The van der Waals surface area contributed by atoms with Gasteiger partial charge in [0, 0.05) is 25.3 Å². The smallest absolute Gasteiger partial charge is 0.339 e. The molecule has 1 saturated heterocycles. The fraction of sp³-hybridized carbons (Fsp3) is 0.571. The SMILES string of the molecule is COC(=O)c1ccc(CN2CC(CN)CC2C)nc1.Cl. The van der Waals surface area contributed by atoms with Crippen LogP contribution in [0.4, 0.5) is 0 Å². The molecule has 2 atom stereocenters. The van der Waals surface area contributed by atoms with Crippen LogP contribution < -0.4 is 5.73 Å². The van der Waals surface area contributed by atoms with Crippen LogP contribution in [0.5, 0.6) is 0 Å². The first-order valence-corrected chi connectivity index (χ1v) is 6.61. The number of methoxy groups -OCH3 is 1. The van der Waals surface area contributed by atoms with Crippen molar-refractivity contribution in [2.45, 2.75) is 25.9 Å². The maximum Gasteiger partial charge on any atom is 0.339 e. The van der Waals surface area contributed by atoms with Gasteiger partial charge in [-0.05, 0) is 37.9 Å². The molecule has 1 fully saturated rings. The van der Waals surface area contributed by atoms with Gasteiger partial charge in [-0.25, -0.2) is 4.79 Å². The summed E-state index contributed by atoms with van der Waals surface area (Å²) >= 11 is 0. The minimum absolute atomic E-state index is 0. The van der Waals surface area contributed by atoms with Gasteiger partial charge >= 0.3 is 5.97 Å². The van der Waals surface area contributed by atoms with Crippen LogP contribution in [-0.4, -0.2) is 42.1 Å². The summed E-state index contributed by atoms with van der Waals surface area (Å²) in [6, 6.07) is 4.18. The van der Waals surface area contributed by atoms with E-state index < -0.39 is 0 Å². The minimum atomic E-state index is -0.350. The number of aromatic nitrogens is 1. The second-order valence-electron chi connectivity index (χ2n) is 5.15. The Balaban J connectivity index is 0.00000200. The molecule has 0 aromatic carbocycles. The Kier molecular flexibility index (Phi) is 6.39. The molecule has 0 radical (unpaired) electrons. The predicted octanol–water partition coefficient (Wildman–Crippen LogP) is 1.46. The second-order valence-corrected chi connectivity index (χ2v) is 5.15.